The third-order valence-electron chi connectivity index (χ3n) is 2.76. The molecule has 0 amide bonds. The zero-order chi connectivity index (χ0) is 22.2. The lowest BCUT2D eigenvalue weighted by Crippen LogP contribution is -2.23. The first-order valence-electron chi connectivity index (χ1n) is 8.82. The Bertz CT molecular complexity index is 504. The monoisotopic (exact) mass is 410 g/mol. The molecule has 0 saturated heterocycles. The molecule has 29 heavy (non-hydrogen) atoms. The molecule has 1 atom stereocenters. The topological polar surface area (TPSA) is 75.6 Å². The molecule has 1 rings (SSSR count). The fourth-order valence-corrected chi connectivity index (χ4v) is 1.42. The van der Waals surface area contributed by atoms with Crippen LogP contribution < -0.4 is 4.74 Å². The van der Waals surface area contributed by atoms with Gasteiger partial charge < -0.3 is 33.5 Å². The van der Waals surface area contributed by atoms with E-state index in [4.69, 9.17) is 23.7 Å². The molecular formula is C22H34O7. The lowest BCUT2D eigenvalue weighted by atomic mass is 10.2. The Morgan fingerprint density at radius 1 is 0.862 bits per heavy atom. The van der Waals surface area contributed by atoms with Crippen molar-refractivity contribution >= 4 is 0 Å². The number of rotatable bonds is 14. The maximum Gasteiger partial charge on any atom is 0.188 e. The molecule has 1 aromatic carbocycles. The fraction of sp³-hybridized carbons (Fsp3) is 0.364. The molecule has 0 radical (unpaired) electrons. The highest BCUT2D eigenvalue weighted by Gasteiger charge is 2.05. The van der Waals surface area contributed by atoms with E-state index in [-0.39, 0.29) is 20.0 Å². The van der Waals surface area contributed by atoms with Gasteiger partial charge in [-0.15, -0.1) is 0 Å². The predicted molar refractivity (Wildman–Crippen MR) is 114 cm³/mol. The van der Waals surface area contributed by atoms with Crippen molar-refractivity contribution in [2.24, 2.45) is 0 Å². The van der Waals surface area contributed by atoms with Gasteiger partial charge in [0.2, 0.25) is 0 Å². The number of aliphatic hydroxyl groups excluding tert-OH is 1. The first-order valence-corrected chi connectivity index (χ1v) is 8.82. The zero-order valence-corrected chi connectivity index (χ0v) is 17.5. The maximum absolute atomic E-state index is 9.53. The molecule has 7 heteroatoms. The van der Waals surface area contributed by atoms with Crippen LogP contribution in [0.2, 0.25) is 0 Å². The number of hydrogen-bond donors (Lipinski definition) is 1. The molecule has 0 spiro atoms. The Kier molecular flexibility index (Phi) is 22.6. The van der Waals surface area contributed by atoms with Crippen LogP contribution >= 0.6 is 0 Å². The van der Waals surface area contributed by atoms with Crippen LogP contribution in [-0.4, -0.2) is 51.5 Å². The molecule has 1 unspecified atom stereocenters. The van der Waals surface area contributed by atoms with Gasteiger partial charge in [-0.25, -0.2) is 0 Å². The van der Waals surface area contributed by atoms with Gasteiger partial charge in [-0.2, -0.15) is 0 Å². The third-order valence-corrected chi connectivity index (χ3v) is 2.76. The molecule has 0 aliphatic carbocycles. The van der Waals surface area contributed by atoms with Gasteiger partial charge in [-0.05, 0) is 19.1 Å². The van der Waals surface area contributed by atoms with E-state index in [0.717, 1.165) is 5.75 Å². The van der Waals surface area contributed by atoms with Crippen molar-refractivity contribution in [1.29, 1.82) is 0 Å². The second-order valence-electron chi connectivity index (χ2n) is 5.08. The minimum absolute atomic E-state index is 0.0884. The highest BCUT2D eigenvalue weighted by atomic mass is 16.7. The van der Waals surface area contributed by atoms with Crippen molar-refractivity contribution < 1.29 is 33.5 Å². The number of benzene rings is 1. The molecule has 0 saturated carbocycles. The van der Waals surface area contributed by atoms with Gasteiger partial charge in [0, 0.05) is 0 Å². The molecule has 7 nitrogen and oxygen atoms in total. The van der Waals surface area contributed by atoms with Crippen molar-refractivity contribution in [2.45, 2.75) is 13.0 Å². The summed E-state index contributed by atoms with van der Waals surface area (Å²) in [6.07, 6.45) is 4.75. The van der Waals surface area contributed by atoms with E-state index >= 15 is 0 Å². The average Bonchev–Trinajstić information content (AvgIpc) is 2.74. The standard InChI is InChI=1S/C13H18O4.C6H10O2.C3H6O/c1-3-15-10-16-8-12(14)9-17-13-6-4-11(2)5-7-13;1-3-7-5-6-8-4-2;1-3-4-2/h3-7,12,14H,1,8-10H2,2H3;3-4H,1-2,5-6H2;3H,1H2,2H3. The predicted octanol–water partition coefficient (Wildman–Crippen LogP) is 3.95. The first-order chi connectivity index (χ1) is 14.0. The summed E-state index contributed by atoms with van der Waals surface area (Å²) in [6.45, 7) is 16.9. The van der Waals surface area contributed by atoms with E-state index in [2.05, 4.69) is 31.1 Å². The van der Waals surface area contributed by atoms with Crippen molar-refractivity contribution in [3.05, 3.63) is 81.2 Å². The molecule has 0 aromatic heterocycles. The second kappa shape index (κ2) is 23.1. The van der Waals surface area contributed by atoms with Crippen LogP contribution in [0.25, 0.3) is 0 Å². The SMILES string of the molecule is C=COC.C=COCCOC=C.C=COCOCC(O)COc1ccc(C)cc1. The summed E-state index contributed by atoms with van der Waals surface area (Å²) in [5, 5.41) is 9.53. The van der Waals surface area contributed by atoms with E-state index in [1.165, 1.54) is 30.6 Å². The largest absolute Gasteiger partial charge is 0.505 e. The van der Waals surface area contributed by atoms with Crippen LogP contribution in [0.5, 0.6) is 5.75 Å². The molecule has 0 aliphatic rings. The Morgan fingerprint density at radius 3 is 1.83 bits per heavy atom. The molecule has 0 heterocycles. The minimum atomic E-state index is -0.676. The lowest BCUT2D eigenvalue weighted by Gasteiger charge is -2.12. The Balaban J connectivity index is 0. The van der Waals surface area contributed by atoms with Crippen LogP contribution in [0.3, 0.4) is 0 Å². The zero-order valence-electron chi connectivity index (χ0n) is 17.5. The molecule has 1 N–H and O–H groups in total. The smallest absolute Gasteiger partial charge is 0.188 e. The van der Waals surface area contributed by atoms with E-state index in [9.17, 15) is 5.11 Å². The Hall–Kier alpha value is -2.90. The minimum Gasteiger partial charge on any atom is -0.505 e. The van der Waals surface area contributed by atoms with E-state index in [0.29, 0.717) is 13.2 Å². The number of ether oxygens (including phenoxy) is 6. The number of hydrogen-bond acceptors (Lipinski definition) is 7. The van der Waals surface area contributed by atoms with Crippen molar-refractivity contribution in [1.82, 2.24) is 0 Å². The number of methoxy groups -OCH3 is 1. The maximum atomic E-state index is 9.53. The highest BCUT2D eigenvalue weighted by molar-refractivity contribution is 5.26. The van der Waals surface area contributed by atoms with Crippen LogP contribution in [0.4, 0.5) is 0 Å². The summed E-state index contributed by atoms with van der Waals surface area (Å²) in [5.41, 5.74) is 1.17. The van der Waals surface area contributed by atoms with E-state index < -0.39 is 6.10 Å². The van der Waals surface area contributed by atoms with Gasteiger partial charge in [0.1, 0.15) is 31.7 Å². The Morgan fingerprint density at radius 2 is 1.38 bits per heavy atom. The van der Waals surface area contributed by atoms with Crippen LogP contribution in [0.15, 0.2) is 75.6 Å². The van der Waals surface area contributed by atoms with Gasteiger partial charge in [-0.1, -0.05) is 44.0 Å². The third kappa shape index (κ3) is 23.1. The van der Waals surface area contributed by atoms with E-state index in [1.807, 2.05) is 31.2 Å². The quantitative estimate of drug-likeness (QED) is 0.283. The number of aryl methyl sites for hydroxylation is 1. The van der Waals surface area contributed by atoms with Crippen LogP contribution in [-0.2, 0) is 23.7 Å². The Labute approximate surface area is 174 Å². The molecule has 0 aliphatic heterocycles. The summed E-state index contributed by atoms with van der Waals surface area (Å²) in [7, 11) is 1.56. The lowest BCUT2D eigenvalue weighted by molar-refractivity contribution is -0.0561. The van der Waals surface area contributed by atoms with Crippen LogP contribution in [0, 0.1) is 6.92 Å². The van der Waals surface area contributed by atoms with Gasteiger partial charge in [-0.3, -0.25) is 0 Å². The first kappa shape index (κ1) is 28.3. The van der Waals surface area contributed by atoms with Crippen LogP contribution in [0.1, 0.15) is 5.56 Å². The summed E-state index contributed by atoms with van der Waals surface area (Å²) in [5.74, 6) is 0.733. The normalized spacial score (nSPS) is 9.76. The van der Waals surface area contributed by atoms with Gasteiger partial charge in [0.25, 0.3) is 0 Å². The average molecular weight is 411 g/mol. The highest BCUT2D eigenvalue weighted by Crippen LogP contribution is 2.11. The van der Waals surface area contributed by atoms with Crippen molar-refractivity contribution in [3.8, 4) is 5.75 Å². The fourth-order valence-electron chi connectivity index (χ4n) is 1.42. The molecular weight excluding hydrogens is 376 g/mol. The summed E-state index contributed by atoms with van der Waals surface area (Å²) in [4.78, 5) is 0. The van der Waals surface area contributed by atoms with Crippen molar-refractivity contribution in [2.75, 3.05) is 40.3 Å². The molecule has 1 aromatic rings. The van der Waals surface area contributed by atoms with Gasteiger partial charge >= 0.3 is 0 Å². The summed E-state index contributed by atoms with van der Waals surface area (Å²) >= 11 is 0. The molecule has 0 bridgehead atoms. The summed E-state index contributed by atoms with van der Waals surface area (Å²) in [6, 6.07) is 7.64. The molecule has 164 valence electrons. The number of aliphatic hydroxyl groups is 1. The second-order valence-corrected chi connectivity index (χ2v) is 5.08. The van der Waals surface area contributed by atoms with E-state index in [1.54, 1.807) is 7.11 Å². The van der Waals surface area contributed by atoms with Crippen molar-refractivity contribution in [3.63, 3.8) is 0 Å². The molecule has 0 fully saturated rings. The van der Waals surface area contributed by atoms with Gasteiger partial charge in [0.05, 0.1) is 38.8 Å². The summed E-state index contributed by atoms with van der Waals surface area (Å²) < 4.78 is 28.9. The van der Waals surface area contributed by atoms with Gasteiger partial charge in [0.15, 0.2) is 6.79 Å².